The molecule has 1 aromatic carbocycles. The van der Waals surface area contributed by atoms with Gasteiger partial charge in [0.25, 0.3) is 0 Å². The van der Waals surface area contributed by atoms with Crippen molar-refractivity contribution in [2.75, 3.05) is 33.0 Å². The highest BCUT2D eigenvalue weighted by Gasteiger charge is 2.57. The molecule has 4 fully saturated rings. The number of carbonyl (C=O) groups excluding carboxylic acids is 2. The minimum atomic E-state index is -0.568. The van der Waals surface area contributed by atoms with Crippen molar-refractivity contribution in [3.63, 3.8) is 0 Å². The Labute approximate surface area is 195 Å². The van der Waals surface area contributed by atoms with Gasteiger partial charge in [-0.05, 0) is 68.9 Å². The van der Waals surface area contributed by atoms with Crippen LogP contribution in [0.1, 0.15) is 62.8 Å². The van der Waals surface area contributed by atoms with Crippen molar-refractivity contribution in [3.05, 3.63) is 29.8 Å². The predicted octanol–water partition coefficient (Wildman–Crippen LogP) is 2.78. The van der Waals surface area contributed by atoms with Crippen LogP contribution in [0, 0.1) is 5.41 Å². The van der Waals surface area contributed by atoms with Gasteiger partial charge in [-0.25, -0.2) is 0 Å². The van der Waals surface area contributed by atoms with E-state index in [1.165, 1.54) is 5.56 Å². The van der Waals surface area contributed by atoms with Gasteiger partial charge in [0.1, 0.15) is 19.0 Å². The van der Waals surface area contributed by atoms with E-state index in [1.807, 2.05) is 11.0 Å². The van der Waals surface area contributed by atoms with Crippen molar-refractivity contribution >= 4 is 11.8 Å². The Balaban J connectivity index is 1.34. The number of carbonyl (C=O) groups is 2. The molecule has 2 unspecified atom stereocenters. The molecule has 2 spiro atoms. The maximum Gasteiger partial charge on any atom is 0.246 e. The first-order valence-corrected chi connectivity index (χ1v) is 12.6. The first-order valence-electron chi connectivity index (χ1n) is 12.6. The fraction of sp³-hybridized carbons (Fsp3) is 0.692. The van der Waals surface area contributed by atoms with Gasteiger partial charge in [-0.15, -0.1) is 0 Å². The SMILES string of the molecule is O=C1COCC2(CCCN3C(=O)C4(CC4)COc4ccccc4[C@H]4CC[C@H](CC4)OCC32)N1. The summed E-state index contributed by atoms with van der Waals surface area (Å²) < 4.78 is 18.6. The maximum atomic E-state index is 13.9. The maximum absolute atomic E-state index is 13.9. The van der Waals surface area contributed by atoms with Gasteiger partial charge < -0.3 is 24.4 Å². The highest BCUT2D eigenvalue weighted by molar-refractivity contribution is 5.86. The number of nitrogens with one attached hydrogen (secondary N) is 1. The van der Waals surface area contributed by atoms with Crippen molar-refractivity contribution in [2.24, 2.45) is 5.41 Å². The first kappa shape index (κ1) is 21.4. The van der Waals surface area contributed by atoms with Gasteiger partial charge in [-0.1, -0.05) is 18.2 Å². The van der Waals surface area contributed by atoms with Gasteiger partial charge in [-0.2, -0.15) is 0 Å². The molecule has 1 N–H and O–H groups in total. The Hall–Kier alpha value is -2.12. The average molecular weight is 455 g/mol. The lowest BCUT2D eigenvalue weighted by Crippen LogP contribution is -2.72. The Morgan fingerprint density at radius 3 is 2.61 bits per heavy atom. The predicted molar refractivity (Wildman–Crippen MR) is 121 cm³/mol. The van der Waals surface area contributed by atoms with Crippen LogP contribution in [-0.4, -0.2) is 67.4 Å². The number of nitrogens with zero attached hydrogens (tertiary/aromatic N) is 1. The van der Waals surface area contributed by atoms with E-state index in [9.17, 15) is 9.59 Å². The molecule has 178 valence electrons. The monoisotopic (exact) mass is 454 g/mol. The summed E-state index contributed by atoms with van der Waals surface area (Å²) in [6.45, 7) is 2.07. The molecule has 2 amide bonds. The Morgan fingerprint density at radius 2 is 1.82 bits per heavy atom. The molecule has 6 aliphatic rings. The molecule has 7 heteroatoms. The Bertz CT molecular complexity index is 919. The minimum absolute atomic E-state index is 0.0878. The molecule has 0 aromatic heterocycles. The van der Waals surface area contributed by atoms with E-state index in [-0.39, 0.29) is 30.6 Å². The van der Waals surface area contributed by atoms with Crippen LogP contribution in [0.5, 0.6) is 5.75 Å². The van der Waals surface area contributed by atoms with Gasteiger partial charge in [-0.3, -0.25) is 9.59 Å². The number of piperidine rings is 1. The summed E-state index contributed by atoms with van der Waals surface area (Å²) in [5.41, 5.74) is 0.237. The lowest BCUT2D eigenvalue weighted by Gasteiger charge is -2.52. The number of hydrogen-bond donors (Lipinski definition) is 1. The van der Waals surface area contributed by atoms with Crippen molar-refractivity contribution in [3.8, 4) is 5.75 Å². The third-order valence-corrected chi connectivity index (χ3v) is 8.61. The molecular formula is C26H34N2O5. The molecular weight excluding hydrogens is 420 g/mol. The molecule has 7 rings (SSSR count). The average Bonchev–Trinajstić information content (AvgIpc) is 3.63. The zero-order valence-corrected chi connectivity index (χ0v) is 19.2. The van der Waals surface area contributed by atoms with E-state index in [1.54, 1.807) is 0 Å². The van der Waals surface area contributed by atoms with E-state index in [4.69, 9.17) is 14.2 Å². The number of amides is 2. The van der Waals surface area contributed by atoms with Gasteiger partial charge in [0.05, 0.1) is 36.3 Å². The molecule has 33 heavy (non-hydrogen) atoms. The van der Waals surface area contributed by atoms with Crippen molar-refractivity contribution in [1.82, 2.24) is 10.2 Å². The van der Waals surface area contributed by atoms with Gasteiger partial charge in [0.2, 0.25) is 11.8 Å². The number of para-hydroxylation sites is 1. The summed E-state index contributed by atoms with van der Waals surface area (Å²) in [5.74, 6) is 1.45. The second-order valence-electron chi connectivity index (χ2n) is 10.7. The normalized spacial score (nSPS) is 35.9. The molecule has 4 heterocycles. The third kappa shape index (κ3) is 3.83. The smallest absolute Gasteiger partial charge is 0.246 e. The molecule has 2 saturated carbocycles. The van der Waals surface area contributed by atoms with Crippen LogP contribution < -0.4 is 10.1 Å². The van der Waals surface area contributed by atoms with Gasteiger partial charge >= 0.3 is 0 Å². The summed E-state index contributed by atoms with van der Waals surface area (Å²) in [5, 5.41) is 3.22. The van der Waals surface area contributed by atoms with Crippen LogP contribution in [-0.2, 0) is 19.1 Å². The van der Waals surface area contributed by atoms with Crippen LogP contribution in [0.2, 0.25) is 0 Å². The number of fused-ring (bicyclic) bond motifs is 4. The molecule has 2 saturated heterocycles. The van der Waals surface area contributed by atoms with Gasteiger partial charge in [0.15, 0.2) is 0 Å². The van der Waals surface area contributed by atoms with E-state index in [0.717, 1.165) is 57.1 Å². The van der Waals surface area contributed by atoms with E-state index in [2.05, 4.69) is 23.5 Å². The largest absolute Gasteiger partial charge is 0.492 e. The lowest BCUT2D eigenvalue weighted by molar-refractivity contribution is -0.159. The molecule has 7 nitrogen and oxygen atoms in total. The van der Waals surface area contributed by atoms with Crippen LogP contribution in [0.3, 0.4) is 0 Å². The summed E-state index contributed by atoms with van der Waals surface area (Å²) >= 11 is 0. The molecule has 2 atom stereocenters. The fourth-order valence-electron chi connectivity index (χ4n) is 6.48. The lowest BCUT2D eigenvalue weighted by atomic mass is 9.79. The summed E-state index contributed by atoms with van der Waals surface area (Å²) in [6, 6.07) is 8.13. The molecule has 0 radical (unpaired) electrons. The zero-order valence-electron chi connectivity index (χ0n) is 19.2. The first-order chi connectivity index (χ1) is 16.1. The molecule has 1 aromatic rings. The zero-order chi connectivity index (χ0) is 22.5. The summed E-state index contributed by atoms with van der Waals surface area (Å²) in [7, 11) is 0. The van der Waals surface area contributed by atoms with Crippen LogP contribution in [0.15, 0.2) is 24.3 Å². The second-order valence-corrected chi connectivity index (χ2v) is 10.7. The van der Waals surface area contributed by atoms with E-state index in [0.29, 0.717) is 32.3 Å². The third-order valence-electron chi connectivity index (χ3n) is 8.61. The van der Waals surface area contributed by atoms with Crippen molar-refractivity contribution in [2.45, 2.75) is 75.0 Å². The second kappa shape index (κ2) is 8.27. The summed E-state index contributed by atoms with van der Waals surface area (Å²) in [6.07, 6.45) is 7.68. The Morgan fingerprint density at radius 1 is 1.00 bits per heavy atom. The number of morpholine rings is 1. The number of ether oxygens (including phenoxy) is 3. The quantitative estimate of drug-likeness (QED) is 0.652. The highest BCUT2D eigenvalue weighted by atomic mass is 16.5. The molecule has 2 bridgehead atoms. The van der Waals surface area contributed by atoms with E-state index >= 15 is 0 Å². The molecule has 4 aliphatic heterocycles. The number of benzene rings is 1. The number of rotatable bonds is 0. The number of hydrogen-bond acceptors (Lipinski definition) is 5. The standard InChI is InChI=1S/C26H34N2O5/c29-23-15-31-17-26(27-23)10-3-13-28-22(26)14-32-19-8-6-18(7-9-19)20-4-1-2-5-21(20)33-16-25(11-12-25)24(28)30/h1-2,4-5,18-19,22H,3,6-17H2,(H,27,29)/t18-,19+,22?,26?. The van der Waals surface area contributed by atoms with Gasteiger partial charge in [0, 0.05) is 6.54 Å². The Kier molecular flexibility index (Phi) is 5.37. The van der Waals surface area contributed by atoms with E-state index < -0.39 is 11.0 Å². The van der Waals surface area contributed by atoms with Crippen molar-refractivity contribution in [1.29, 1.82) is 0 Å². The van der Waals surface area contributed by atoms with Crippen molar-refractivity contribution < 1.29 is 23.8 Å². The molecule has 2 aliphatic carbocycles. The summed E-state index contributed by atoms with van der Waals surface area (Å²) in [4.78, 5) is 28.3. The van der Waals surface area contributed by atoms with Crippen LogP contribution in [0.4, 0.5) is 0 Å². The van der Waals surface area contributed by atoms with Crippen LogP contribution in [0.25, 0.3) is 0 Å². The topological polar surface area (TPSA) is 77.1 Å². The van der Waals surface area contributed by atoms with Crippen LogP contribution >= 0.6 is 0 Å². The highest BCUT2D eigenvalue weighted by Crippen LogP contribution is 2.50. The fourth-order valence-corrected chi connectivity index (χ4v) is 6.48. The minimum Gasteiger partial charge on any atom is -0.492 e.